The van der Waals surface area contributed by atoms with Crippen molar-refractivity contribution in [2.45, 2.75) is 25.3 Å². The molecule has 4 heteroatoms. The third kappa shape index (κ3) is 3.21. The lowest BCUT2D eigenvalue weighted by Crippen LogP contribution is -2.47. The Morgan fingerprint density at radius 1 is 1.19 bits per heavy atom. The molecule has 114 valence electrons. The van der Waals surface area contributed by atoms with Crippen LogP contribution in [0.25, 0.3) is 0 Å². The maximum atomic E-state index is 12.4. The highest BCUT2D eigenvalue weighted by atomic mass is 16.2. The highest BCUT2D eigenvalue weighted by Crippen LogP contribution is 2.23. The first-order chi connectivity index (χ1) is 10.3. The maximum Gasteiger partial charge on any atom is 0.227 e. The molecule has 0 saturated carbocycles. The van der Waals surface area contributed by atoms with E-state index in [0.717, 1.165) is 45.4 Å². The molecule has 2 saturated heterocycles. The van der Waals surface area contributed by atoms with Crippen molar-refractivity contribution < 1.29 is 4.79 Å². The number of hydrogen-bond acceptors (Lipinski definition) is 3. The van der Waals surface area contributed by atoms with Gasteiger partial charge in [-0.2, -0.15) is 0 Å². The average Bonchev–Trinajstić information content (AvgIpc) is 3.09. The fourth-order valence-corrected chi connectivity index (χ4v) is 3.47. The van der Waals surface area contributed by atoms with Crippen LogP contribution in [0.15, 0.2) is 30.3 Å². The van der Waals surface area contributed by atoms with E-state index in [1.165, 1.54) is 5.69 Å². The fraction of sp³-hybridized carbons (Fsp3) is 0.588. The van der Waals surface area contributed by atoms with Gasteiger partial charge < -0.3 is 15.1 Å². The Morgan fingerprint density at radius 2 is 1.90 bits per heavy atom. The third-order valence-electron chi connectivity index (χ3n) is 4.90. The molecule has 2 heterocycles. The minimum Gasteiger partial charge on any atom is -0.371 e. The number of hydrogen-bond donors (Lipinski definition) is 1. The minimum absolute atomic E-state index is 0.216. The van der Waals surface area contributed by atoms with Crippen LogP contribution in [0.1, 0.15) is 19.3 Å². The zero-order valence-corrected chi connectivity index (χ0v) is 12.8. The number of rotatable bonds is 3. The van der Waals surface area contributed by atoms with Gasteiger partial charge in [-0.1, -0.05) is 18.2 Å². The monoisotopic (exact) mass is 287 g/mol. The summed E-state index contributed by atoms with van der Waals surface area (Å²) in [6.07, 6.45) is 3.14. The molecule has 1 atom stereocenters. The molecule has 4 nitrogen and oxygen atoms in total. The Hall–Kier alpha value is -1.55. The van der Waals surface area contributed by atoms with Crippen LogP contribution in [0.4, 0.5) is 5.69 Å². The van der Waals surface area contributed by atoms with E-state index in [0.29, 0.717) is 11.9 Å². The second-order valence-electron chi connectivity index (χ2n) is 6.19. The molecule has 1 N–H and O–H groups in total. The number of anilines is 1. The molecule has 0 spiro atoms. The van der Waals surface area contributed by atoms with Gasteiger partial charge in [-0.15, -0.1) is 0 Å². The van der Waals surface area contributed by atoms with Gasteiger partial charge in [-0.3, -0.25) is 4.79 Å². The quantitative estimate of drug-likeness (QED) is 0.919. The standard InChI is InChI=1S/C17H25N3O/c1-19(15-5-3-2-4-6-15)16-8-11-20(12-9-16)17(21)14-7-10-18-13-14/h2-6,14,16,18H,7-13H2,1H3. The Labute approximate surface area is 127 Å². The number of amides is 1. The Morgan fingerprint density at radius 3 is 2.52 bits per heavy atom. The first-order valence-corrected chi connectivity index (χ1v) is 8.03. The molecule has 1 unspecified atom stereocenters. The predicted molar refractivity (Wildman–Crippen MR) is 85.4 cm³/mol. The van der Waals surface area contributed by atoms with Gasteiger partial charge in [0.15, 0.2) is 0 Å². The van der Waals surface area contributed by atoms with E-state index in [4.69, 9.17) is 0 Å². The van der Waals surface area contributed by atoms with E-state index in [1.807, 2.05) is 6.07 Å². The van der Waals surface area contributed by atoms with Gasteiger partial charge in [-0.05, 0) is 37.9 Å². The fourth-order valence-electron chi connectivity index (χ4n) is 3.47. The summed E-state index contributed by atoms with van der Waals surface area (Å²) < 4.78 is 0. The van der Waals surface area contributed by atoms with Gasteiger partial charge in [0.05, 0.1) is 5.92 Å². The minimum atomic E-state index is 0.216. The van der Waals surface area contributed by atoms with Gasteiger partial charge in [0.1, 0.15) is 0 Å². The molecule has 0 aliphatic carbocycles. The van der Waals surface area contributed by atoms with Crippen molar-refractivity contribution in [3.63, 3.8) is 0 Å². The maximum absolute atomic E-state index is 12.4. The second-order valence-corrected chi connectivity index (χ2v) is 6.19. The number of piperidine rings is 1. The van der Waals surface area contributed by atoms with Crippen molar-refractivity contribution in [3.8, 4) is 0 Å². The molecular formula is C17H25N3O. The lowest BCUT2D eigenvalue weighted by molar-refractivity contribution is -0.135. The molecule has 0 bridgehead atoms. The molecule has 1 amide bonds. The van der Waals surface area contributed by atoms with Crippen LogP contribution >= 0.6 is 0 Å². The Bertz CT molecular complexity index is 462. The molecular weight excluding hydrogens is 262 g/mol. The van der Waals surface area contributed by atoms with Crippen molar-refractivity contribution in [1.29, 1.82) is 0 Å². The van der Waals surface area contributed by atoms with E-state index in [2.05, 4.69) is 46.4 Å². The summed E-state index contributed by atoms with van der Waals surface area (Å²) in [6.45, 7) is 3.65. The summed E-state index contributed by atoms with van der Waals surface area (Å²) in [5, 5.41) is 3.29. The molecule has 0 radical (unpaired) electrons. The lowest BCUT2D eigenvalue weighted by atomic mass is 10.00. The largest absolute Gasteiger partial charge is 0.371 e. The first kappa shape index (κ1) is 14.4. The molecule has 3 rings (SSSR count). The summed E-state index contributed by atoms with van der Waals surface area (Å²) in [7, 11) is 2.17. The topological polar surface area (TPSA) is 35.6 Å². The van der Waals surface area contributed by atoms with Crippen molar-refractivity contribution >= 4 is 11.6 Å². The Kier molecular flexibility index (Phi) is 4.44. The smallest absolute Gasteiger partial charge is 0.227 e. The molecule has 1 aromatic carbocycles. The van der Waals surface area contributed by atoms with Gasteiger partial charge in [0.2, 0.25) is 5.91 Å². The van der Waals surface area contributed by atoms with Crippen molar-refractivity contribution in [2.75, 3.05) is 38.1 Å². The highest BCUT2D eigenvalue weighted by Gasteiger charge is 2.30. The van der Waals surface area contributed by atoms with E-state index in [1.54, 1.807) is 0 Å². The summed E-state index contributed by atoms with van der Waals surface area (Å²) in [6, 6.07) is 11.1. The van der Waals surface area contributed by atoms with E-state index in [-0.39, 0.29) is 5.92 Å². The normalized spacial score (nSPS) is 23.3. The number of carbonyl (C=O) groups is 1. The predicted octanol–water partition coefficient (Wildman–Crippen LogP) is 1.72. The molecule has 2 aliphatic rings. The summed E-state index contributed by atoms with van der Waals surface area (Å²) in [5.74, 6) is 0.578. The van der Waals surface area contributed by atoms with E-state index >= 15 is 0 Å². The van der Waals surface area contributed by atoms with Crippen molar-refractivity contribution in [2.24, 2.45) is 5.92 Å². The second kappa shape index (κ2) is 6.48. The number of para-hydroxylation sites is 1. The number of likely N-dealkylation sites (tertiary alicyclic amines) is 1. The molecule has 21 heavy (non-hydrogen) atoms. The van der Waals surface area contributed by atoms with Crippen LogP contribution in [-0.4, -0.2) is 50.1 Å². The van der Waals surface area contributed by atoms with Crippen LogP contribution in [-0.2, 0) is 4.79 Å². The van der Waals surface area contributed by atoms with Gasteiger partial charge in [0, 0.05) is 38.4 Å². The van der Waals surface area contributed by atoms with Gasteiger partial charge in [-0.25, -0.2) is 0 Å². The first-order valence-electron chi connectivity index (χ1n) is 8.03. The molecule has 2 aliphatic heterocycles. The van der Waals surface area contributed by atoms with Gasteiger partial charge in [0.25, 0.3) is 0 Å². The van der Waals surface area contributed by atoms with Gasteiger partial charge >= 0.3 is 0 Å². The van der Waals surface area contributed by atoms with Crippen molar-refractivity contribution in [1.82, 2.24) is 10.2 Å². The zero-order chi connectivity index (χ0) is 14.7. The summed E-state index contributed by atoms with van der Waals surface area (Å²) in [4.78, 5) is 16.9. The van der Waals surface area contributed by atoms with E-state index < -0.39 is 0 Å². The zero-order valence-electron chi connectivity index (χ0n) is 12.8. The SMILES string of the molecule is CN(c1ccccc1)C1CCN(C(=O)C2CCNC2)CC1. The molecule has 2 fully saturated rings. The van der Waals surface area contributed by atoms with Crippen LogP contribution in [0.3, 0.4) is 0 Å². The number of nitrogens with zero attached hydrogens (tertiary/aromatic N) is 2. The van der Waals surface area contributed by atoms with Crippen LogP contribution in [0.5, 0.6) is 0 Å². The number of benzene rings is 1. The molecule has 0 aromatic heterocycles. The number of carbonyl (C=O) groups excluding carboxylic acids is 1. The number of nitrogens with one attached hydrogen (secondary N) is 1. The Balaban J connectivity index is 1.54. The lowest BCUT2D eigenvalue weighted by Gasteiger charge is -2.38. The van der Waals surface area contributed by atoms with E-state index in [9.17, 15) is 4.79 Å². The van der Waals surface area contributed by atoms with Crippen LogP contribution < -0.4 is 10.2 Å². The highest BCUT2D eigenvalue weighted by molar-refractivity contribution is 5.79. The third-order valence-corrected chi connectivity index (χ3v) is 4.90. The average molecular weight is 287 g/mol. The van der Waals surface area contributed by atoms with Crippen molar-refractivity contribution in [3.05, 3.63) is 30.3 Å². The summed E-state index contributed by atoms with van der Waals surface area (Å²) in [5.41, 5.74) is 1.27. The van der Waals surface area contributed by atoms with Crippen LogP contribution in [0.2, 0.25) is 0 Å². The molecule has 1 aromatic rings. The van der Waals surface area contributed by atoms with Crippen LogP contribution in [0, 0.1) is 5.92 Å². The summed E-state index contributed by atoms with van der Waals surface area (Å²) >= 11 is 0.